The molecule has 0 saturated carbocycles. The fraction of sp³-hybridized carbons (Fsp3) is 0.200. The number of esters is 1. The number of alkyl halides is 1. The maximum absolute atomic E-state index is 11.5. The average Bonchev–Trinajstić information content (AvgIpc) is 2.14. The molecule has 72 valence electrons. The Morgan fingerprint density at radius 1 is 1.36 bits per heavy atom. The third kappa shape index (κ3) is 1.30. The molecule has 0 fully saturated rings. The van der Waals surface area contributed by atoms with Crippen LogP contribution >= 0.6 is 11.6 Å². The molecule has 1 aromatic rings. The van der Waals surface area contributed by atoms with Gasteiger partial charge in [-0.05, 0) is 24.6 Å². The van der Waals surface area contributed by atoms with Gasteiger partial charge in [-0.2, -0.15) is 0 Å². The number of hydrogen-bond acceptors (Lipinski definition) is 3. The Balaban J connectivity index is 2.56. The summed E-state index contributed by atoms with van der Waals surface area (Å²) in [6, 6.07) is 5.04. The maximum Gasteiger partial charge on any atom is 0.337 e. The minimum atomic E-state index is -1.20. The quantitative estimate of drug-likeness (QED) is 0.283. The van der Waals surface area contributed by atoms with E-state index in [0.717, 1.165) is 5.56 Å². The monoisotopic (exact) mass is 210 g/mol. The van der Waals surface area contributed by atoms with E-state index in [1.807, 2.05) is 6.92 Å². The summed E-state index contributed by atoms with van der Waals surface area (Å²) in [6.07, 6.45) is 0. The first-order valence-corrected chi connectivity index (χ1v) is 4.54. The number of hydrogen-bond donors (Lipinski definition) is 0. The minimum absolute atomic E-state index is 0.303. The second-order valence-corrected chi connectivity index (χ2v) is 3.58. The number of Topliss-reactive ketones (excluding diaryl/α,β-unsaturated/α-hetero) is 1. The zero-order chi connectivity index (χ0) is 10.3. The number of aryl methyl sites for hydroxylation is 1. The third-order valence-electron chi connectivity index (χ3n) is 2.05. The number of rotatable bonds is 0. The van der Waals surface area contributed by atoms with Crippen LogP contribution in [0, 0.1) is 6.92 Å². The van der Waals surface area contributed by atoms with Gasteiger partial charge in [0, 0.05) is 0 Å². The van der Waals surface area contributed by atoms with Crippen molar-refractivity contribution < 1.29 is 14.3 Å². The van der Waals surface area contributed by atoms with Crippen molar-refractivity contribution in [1.82, 2.24) is 0 Å². The molecule has 1 aliphatic rings. The SMILES string of the molecule is Cc1ccc2c(c1)OC(=O)C(Cl)C2=O. The van der Waals surface area contributed by atoms with Crippen molar-refractivity contribution in [3.63, 3.8) is 0 Å². The van der Waals surface area contributed by atoms with Crippen molar-refractivity contribution in [3.05, 3.63) is 29.3 Å². The lowest BCUT2D eigenvalue weighted by molar-refractivity contribution is -0.133. The Morgan fingerprint density at radius 3 is 2.79 bits per heavy atom. The average molecular weight is 211 g/mol. The van der Waals surface area contributed by atoms with Gasteiger partial charge in [-0.3, -0.25) is 4.79 Å². The molecule has 1 unspecified atom stereocenters. The van der Waals surface area contributed by atoms with Gasteiger partial charge >= 0.3 is 5.97 Å². The first-order chi connectivity index (χ1) is 6.59. The summed E-state index contributed by atoms with van der Waals surface area (Å²) < 4.78 is 4.90. The van der Waals surface area contributed by atoms with Gasteiger partial charge in [0.25, 0.3) is 0 Å². The Kier molecular flexibility index (Phi) is 2.04. The van der Waals surface area contributed by atoms with Gasteiger partial charge in [0.2, 0.25) is 0 Å². The van der Waals surface area contributed by atoms with Crippen LogP contribution in [0.4, 0.5) is 0 Å². The fourth-order valence-electron chi connectivity index (χ4n) is 1.32. The Bertz CT molecular complexity index is 425. The molecule has 1 aromatic carbocycles. The van der Waals surface area contributed by atoms with Crippen molar-refractivity contribution in [1.29, 1.82) is 0 Å². The number of fused-ring (bicyclic) bond motifs is 1. The van der Waals surface area contributed by atoms with Gasteiger partial charge in [-0.15, -0.1) is 11.6 Å². The molecule has 0 radical (unpaired) electrons. The van der Waals surface area contributed by atoms with E-state index in [4.69, 9.17) is 16.3 Å². The van der Waals surface area contributed by atoms with Gasteiger partial charge < -0.3 is 4.74 Å². The van der Waals surface area contributed by atoms with Crippen LogP contribution in [-0.4, -0.2) is 17.1 Å². The van der Waals surface area contributed by atoms with Crippen molar-refractivity contribution in [2.24, 2.45) is 0 Å². The molecule has 0 aromatic heterocycles. The lowest BCUT2D eigenvalue weighted by atomic mass is 10.0. The Labute approximate surface area is 85.6 Å². The number of ketones is 1. The van der Waals surface area contributed by atoms with E-state index in [1.165, 1.54) is 0 Å². The lowest BCUT2D eigenvalue weighted by Crippen LogP contribution is -2.34. The predicted octanol–water partition coefficient (Wildman–Crippen LogP) is 1.70. The minimum Gasteiger partial charge on any atom is -0.424 e. The second-order valence-electron chi connectivity index (χ2n) is 3.15. The fourth-order valence-corrected chi connectivity index (χ4v) is 1.48. The number of carbonyl (C=O) groups excluding carboxylic acids is 2. The smallest absolute Gasteiger partial charge is 0.337 e. The van der Waals surface area contributed by atoms with Crippen LogP contribution in [0.2, 0.25) is 0 Å². The molecule has 3 nitrogen and oxygen atoms in total. The standard InChI is InChI=1S/C10H7ClO3/c1-5-2-3-6-7(4-5)14-10(13)8(11)9(6)12/h2-4,8H,1H3. The molecule has 0 amide bonds. The number of halogens is 1. The Hall–Kier alpha value is -1.35. The highest BCUT2D eigenvalue weighted by Crippen LogP contribution is 2.28. The van der Waals surface area contributed by atoms with Crippen LogP contribution in [0.15, 0.2) is 18.2 Å². The van der Waals surface area contributed by atoms with Crippen LogP contribution in [0.5, 0.6) is 5.75 Å². The third-order valence-corrected chi connectivity index (χ3v) is 2.43. The number of benzene rings is 1. The summed E-state index contributed by atoms with van der Waals surface area (Å²) >= 11 is 5.56. The van der Waals surface area contributed by atoms with Crippen LogP contribution in [-0.2, 0) is 4.79 Å². The van der Waals surface area contributed by atoms with Crippen molar-refractivity contribution >= 4 is 23.4 Å². The highest BCUT2D eigenvalue weighted by molar-refractivity contribution is 6.44. The van der Waals surface area contributed by atoms with Gasteiger partial charge in [-0.25, -0.2) is 4.79 Å². The zero-order valence-corrected chi connectivity index (χ0v) is 8.17. The van der Waals surface area contributed by atoms with E-state index in [-0.39, 0.29) is 0 Å². The summed E-state index contributed by atoms with van der Waals surface area (Å²) in [4.78, 5) is 22.6. The van der Waals surface area contributed by atoms with Crippen molar-refractivity contribution in [3.8, 4) is 5.75 Å². The van der Waals surface area contributed by atoms with Crippen LogP contribution in [0.1, 0.15) is 15.9 Å². The molecule has 0 N–H and O–H groups in total. The summed E-state index contributed by atoms with van der Waals surface area (Å²) in [7, 11) is 0. The van der Waals surface area contributed by atoms with E-state index in [2.05, 4.69) is 0 Å². The summed E-state index contributed by atoms with van der Waals surface area (Å²) in [5, 5.41) is -1.20. The zero-order valence-electron chi connectivity index (χ0n) is 7.41. The molecule has 14 heavy (non-hydrogen) atoms. The van der Waals surface area contributed by atoms with Gasteiger partial charge in [0.15, 0.2) is 11.2 Å². The molecule has 1 atom stereocenters. The molecule has 4 heteroatoms. The Morgan fingerprint density at radius 2 is 2.07 bits per heavy atom. The predicted molar refractivity (Wildman–Crippen MR) is 50.8 cm³/mol. The molecule has 1 aliphatic heterocycles. The van der Waals surface area contributed by atoms with E-state index >= 15 is 0 Å². The van der Waals surface area contributed by atoms with Crippen molar-refractivity contribution in [2.75, 3.05) is 0 Å². The number of ether oxygens (including phenoxy) is 1. The maximum atomic E-state index is 11.5. The van der Waals surface area contributed by atoms with Crippen LogP contribution < -0.4 is 4.74 Å². The molecular weight excluding hydrogens is 204 g/mol. The second kappa shape index (κ2) is 3.10. The van der Waals surface area contributed by atoms with Gasteiger partial charge in [0.05, 0.1) is 5.56 Å². The lowest BCUT2D eigenvalue weighted by Gasteiger charge is -2.18. The van der Waals surface area contributed by atoms with Crippen molar-refractivity contribution in [2.45, 2.75) is 12.3 Å². The van der Waals surface area contributed by atoms with E-state index in [0.29, 0.717) is 11.3 Å². The molecule has 0 spiro atoms. The molecule has 0 saturated heterocycles. The normalized spacial score (nSPS) is 20.3. The first-order valence-electron chi connectivity index (χ1n) is 4.10. The van der Waals surface area contributed by atoms with E-state index < -0.39 is 17.1 Å². The first kappa shape index (κ1) is 9.21. The summed E-state index contributed by atoms with van der Waals surface area (Å²) in [6.45, 7) is 1.85. The summed E-state index contributed by atoms with van der Waals surface area (Å²) in [5.41, 5.74) is 1.30. The molecule has 0 bridgehead atoms. The topological polar surface area (TPSA) is 43.4 Å². The highest BCUT2D eigenvalue weighted by Gasteiger charge is 2.34. The molecule has 1 heterocycles. The van der Waals surface area contributed by atoms with E-state index in [9.17, 15) is 9.59 Å². The molecule has 2 rings (SSSR count). The van der Waals surface area contributed by atoms with Gasteiger partial charge in [-0.1, -0.05) is 6.07 Å². The molecule has 0 aliphatic carbocycles. The van der Waals surface area contributed by atoms with E-state index in [1.54, 1.807) is 18.2 Å². The van der Waals surface area contributed by atoms with Crippen LogP contribution in [0.25, 0.3) is 0 Å². The number of carbonyl (C=O) groups is 2. The molecular formula is C10H7ClO3. The summed E-state index contributed by atoms with van der Waals surface area (Å²) in [5.74, 6) is -0.787. The van der Waals surface area contributed by atoms with Crippen LogP contribution in [0.3, 0.4) is 0 Å². The highest BCUT2D eigenvalue weighted by atomic mass is 35.5. The van der Waals surface area contributed by atoms with Gasteiger partial charge in [0.1, 0.15) is 5.75 Å². The largest absolute Gasteiger partial charge is 0.424 e.